The van der Waals surface area contributed by atoms with Crippen LogP contribution in [0.15, 0.2) is 36.4 Å². The number of imidazole rings is 1. The zero-order chi connectivity index (χ0) is 15.3. The van der Waals surface area contributed by atoms with Gasteiger partial charge in [0.15, 0.2) is 0 Å². The Labute approximate surface area is 131 Å². The third-order valence-corrected chi connectivity index (χ3v) is 4.15. The molecule has 2 aromatic carbocycles. The van der Waals surface area contributed by atoms with Gasteiger partial charge in [-0.2, -0.15) is 4.98 Å². The van der Waals surface area contributed by atoms with Crippen LogP contribution in [0.3, 0.4) is 0 Å². The zero-order valence-corrected chi connectivity index (χ0v) is 12.9. The minimum Gasteiger partial charge on any atom is -0.324 e. The van der Waals surface area contributed by atoms with E-state index in [1.54, 1.807) is 0 Å². The van der Waals surface area contributed by atoms with E-state index >= 15 is 0 Å². The summed E-state index contributed by atoms with van der Waals surface area (Å²) >= 11 is 6.14. The highest BCUT2D eigenvalue weighted by Gasteiger charge is 2.11. The highest BCUT2D eigenvalue weighted by Crippen LogP contribution is 2.25. The van der Waals surface area contributed by atoms with Gasteiger partial charge in [-0.3, -0.25) is 5.10 Å². The van der Waals surface area contributed by atoms with Crippen molar-refractivity contribution >= 4 is 40.0 Å². The molecule has 0 atom stereocenters. The van der Waals surface area contributed by atoms with E-state index in [0.717, 1.165) is 27.3 Å². The fourth-order valence-electron chi connectivity index (χ4n) is 2.52. The summed E-state index contributed by atoms with van der Waals surface area (Å²) in [5.41, 5.74) is 5.03. The molecule has 22 heavy (non-hydrogen) atoms. The summed E-state index contributed by atoms with van der Waals surface area (Å²) in [6.07, 6.45) is 0. The Balaban J connectivity index is 1.78. The summed E-state index contributed by atoms with van der Waals surface area (Å²) in [4.78, 5) is 9.02. The SMILES string of the molecule is Cc1ccc2c(c1)nc1nc(Nc3cccc(Cl)c3C)[nH]n12. The summed E-state index contributed by atoms with van der Waals surface area (Å²) in [6.45, 7) is 4.02. The number of hydrogen-bond donors (Lipinski definition) is 2. The van der Waals surface area contributed by atoms with Crippen molar-refractivity contribution in [1.82, 2.24) is 19.6 Å². The third-order valence-electron chi connectivity index (χ3n) is 3.74. The Bertz CT molecular complexity index is 999. The maximum atomic E-state index is 6.14. The van der Waals surface area contributed by atoms with Crippen molar-refractivity contribution in [3.63, 3.8) is 0 Å². The molecule has 2 heterocycles. The second kappa shape index (κ2) is 4.74. The zero-order valence-electron chi connectivity index (χ0n) is 12.2. The van der Waals surface area contributed by atoms with Crippen molar-refractivity contribution in [3.8, 4) is 0 Å². The lowest BCUT2D eigenvalue weighted by atomic mass is 10.2. The summed E-state index contributed by atoms with van der Waals surface area (Å²) in [6, 6.07) is 11.9. The Hall–Kier alpha value is -2.53. The van der Waals surface area contributed by atoms with Crippen LogP contribution in [-0.2, 0) is 0 Å². The van der Waals surface area contributed by atoms with E-state index < -0.39 is 0 Å². The molecule has 0 saturated carbocycles. The van der Waals surface area contributed by atoms with Crippen LogP contribution in [0.4, 0.5) is 11.6 Å². The smallest absolute Gasteiger partial charge is 0.253 e. The molecular formula is C16H14ClN5. The van der Waals surface area contributed by atoms with Gasteiger partial charge < -0.3 is 5.32 Å². The normalized spacial score (nSPS) is 11.4. The lowest BCUT2D eigenvalue weighted by molar-refractivity contribution is 1.01. The summed E-state index contributed by atoms with van der Waals surface area (Å²) in [5, 5.41) is 7.20. The molecule has 0 aliphatic rings. The number of nitrogens with one attached hydrogen (secondary N) is 2. The number of anilines is 2. The molecule has 4 rings (SSSR count). The second-order valence-corrected chi connectivity index (χ2v) is 5.76. The first-order valence-corrected chi connectivity index (χ1v) is 7.36. The molecule has 0 radical (unpaired) electrons. The van der Waals surface area contributed by atoms with Crippen LogP contribution in [0.5, 0.6) is 0 Å². The first-order chi connectivity index (χ1) is 10.6. The lowest BCUT2D eigenvalue weighted by Crippen LogP contribution is -1.96. The van der Waals surface area contributed by atoms with E-state index in [4.69, 9.17) is 11.6 Å². The minimum absolute atomic E-state index is 0.635. The molecule has 0 fully saturated rings. The number of nitrogens with zero attached hydrogens (tertiary/aromatic N) is 3. The van der Waals surface area contributed by atoms with Gasteiger partial charge in [-0.05, 0) is 49.2 Å². The number of aromatic amines is 1. The molecule has 0 spiro atoms. The summed E-state index contributed by atoms with van der Waals surface area (Å²) in [5.74, 6) is 1.28. The molecule has 2 aromatic heterocycles. The van der Waals surface area contributed by atoms with Crippen molar-refractivity contribution in [2.24, 2.45) is 0 Å². The van der Waals surface area contributed by atoms with Gasteiger partial charge in [0.05, 0.1) is 11.0 Å². The van der Waals surface area contributed by atoms with E-state index in [2.05, 4.69) is 33.4 Å². The number of fused-ring (bicyclic) bond motifs is 3. The van der Waals surface area contributed by atoms with Crippen LogP contribution in [0.25, 0.3) is 16.8 Å². The number of benzene rings is 2. The monoisotopic (exact) mass is 311 g/mol. The molecule has 0 aliphatic heterocycles. The predicted molar refractivity (Wildman–Crippen MR) is 89.1 cm³/mol. The van der Waals surface area contributed by atoms with Crippen molar-refractivity contribution in [3.05, 3.63) is 52.5 Å². The molecule has 5 nitrogen and oxygen atoms in total. The average Bonchev–Trinajstić information content (AvgIpc) is 3.00. The molecule has 2 N–H and O–H groups in total. The molecule has 6 heteroatoms. The molecule has 4 aromatic rings. The second-order valence-electron chi connectivity index (χ2n) is 5.35. The summed E-state index contributed by atoms with van der Waals surface area (Å²) in [7, 11) is 0. The quantitative estimate of drug-likeness (QED) is 0.582. The molecule has 0 amide bonds. The average molecular weight is 312 g/mol. The molecule has 0 unspecified atom stereocenters. The standard InChI is InChI=1S/C16H14ClN5/c1-9-6-7-14-13(8-9)19-16-20-15(21-22(14)16)18-12-5-3-4-11(17)10(12)2/h3-8H,1-2H3,(H2,18,19,20,21). The van der Waals surface area contributed by atoms with Gasteiger partial charge in [0.2, 0.25) is 5.95 Å². The van der Waals surface area contributed by atoms with E-state index in [9.17, 15) is 0 Å². The Kier molecular flexibility index (Phi) is 2.84. The highest BCUT2D eigenvalue weighted by molar-refractivity contribution is 6.31. The first kappa shape index (κ1) is 13.2. The van der Waals surface area contributed by atoms with Crippen LogP contribution in [0.2, 0.25) is 5.02 Å². The summed E-state index contributed by atoms with van der Waals surface area (Å²) < 4.78 is 1.87. The van der Waals surface area contributed by atoms with Crippen molar-refractivity contribution in [2.45, 2.75) is 13.8 Å². The maximum absolute atomic E-state index is 6.14. The molecular weight excluding hydrogens is 298 g/mol. The maximum Gasteiger partial charge on any atom is 0.253 e. The van der Waals surface area contributed by atoms with Crippen molar-refractivity contribution in [1.29, 1.82) is 0 Å². The van der Waals surface area contributed by atoms with E-state index in [1.165, 1.54) is 5.56 Å². The minimum atomic E-state index is 0.635. The Morgan fingerprint density at radius 1 is 1.14 bits per heavy atom. The Morgan fingerprint density at radius 2 is 2.00 bits per heavy atom. The number of H-pyrrole nitrogens is 1. The molecule has 0 aliphatic carbocycles. The van der Waals surface area contributed by atoms with Crippen LogP contribution in [0, 0.1) is 13.8 Å². The highest BCUT2D eigenvalue weighted by atomic mass is 35.5. The van der Waals surface area contributed by atoms with Crippen molar-refractivity contribution in [2.75, 3.05) is 5.32 Å². The van der Waals surface area contributed by atoms with Gasteiger partial charge in [-0.15, -0.1) is 0 Å². The number of halogens is 1. The van der Waals surface area contributed by atoms with E-state index in [-0.39, 0.29) is 0 Å². The Morgan fingerprint density at radius 3 is 2.86 bits per heavy atom. The largest absolute Gasteiger partial charge is 0.324 e. The van der Waals surface area contributed by atoms with Gasteiger partial charge in [-0.25, -0.2) is 9.50 Å². The van der Waals surface area contributed by atoms with Gasteiger partial charge in [0.1, 0.15) is 0 Å². The number of hydrogen-bond acceptors (Lipinski definition) is 3. The topological polar surface area (TPSA) is 58.0 Å². The van der Waals surface area contributed by atoms with Crippen LogP contribution in [-0.4, -0.2) is 19.6 Å². The van der Waals surface area contributed by atoms with Crippen LogP contribution < -0.4 is 5.32 Å². The van der Waals surface area contributed by atoms with E-state index in [1.807, 2.05) is 41.8 Å². The van der Waals surface area contributed by atoms with Crippen molar-refractivity contribution < 1.29 is 0 Å². The molecule has 110 valence electrons. The number of rotatable bonds is 2. The molecule has 0 bridgehead atoms. The fourth-order valence-corrected chi connectivity index (χ4v) is 2.69. The fraction of sp³-hybridized carbons (Fsp3) is 0.125. The molecule has 0 saturated heterocycles. The number of aryl methyl sites for hydroxylation is 1. The van der Waals surface area contributed by atoms with Gasteiger partial charge in [0.25, 0.3) is 5.78 Å². The van der Waals surface area contributed by atoms with Gasteiger partial charge in [-0.1, -0.05) is 23.7 Å². The first-order valence-electron chi connectivity index (χ1n) is 6.99. The van der Waals surface area contributed by atoms with Crippen LogP contribution >= 0.6 is 11.6 Å². The van der Waals surface area contributed by atoms with Crippen LogP contribution in [0.1, 0.15) is 11.1 Å². The third kappa shape index (κ3) is 2.02. The van der Waals surface area contributed by atoms with E-state index in [0.29, 0.717) is 11.7 Å². The van der Waals surface area contributed by atoms with Gasteiger partial charge in [0, 0.05) is 10.7 Å². The lowest BCUT2D eigenvalue weighted by Gasteiger charge is -2.07. The van der Waals surface area contributed by atoms with Gasteiger partial charge >= 0.3 is 0 Å². The number of aromatic nitrogens is 4. The predicted octanol–water partition coefficient (Wildman–Crippen LogP) is 4.22.